The van der Waals surface area contributed by atoms with Crippen molar-refractivity contribution in [2.45, 2.75) is 46.7 Å². The average molecular weight is 234 g/mol. The van der Waals surface area contributed by atoms with Gasteiger partial charge in [-0.2, -0.15) is 0 Å². The van der Waals surface area contributed by atoms with Gasteiger partial charge in [0.1, 0.15) is 0 Å². The average Bonchev–Trinajstić information content (AvgIpc) is 2.26. The maximum Gasteiger partial charge on any atom is 0.0441 e. The number of hydrogen-bond acceptors (Lipinski definition) is 2. The van der Waals surface area contributed by atoms with Crippen LogP contribution in [-0.2, 0) is 6.54 Å². The summed E-state index contributed by atoms with van der Waals surface area (Å²) in [5, 5.41) is 0. The maximum absolute atomic E-state index is 5.83. The third-order valence-corrected chi connectivity index (χ3v) is 3.37. The van der Waals surface area contributed by atoms with Gasteiger partial charge >= 0.3 is 0 Å². The van der Waals surface area contributed by atoms with E-state index in [1.807, 2.05) is 0 Å². The normalized spacial score (nSPS) is 12.9. The number of benzene rings is 1. The van der Waals surface area contributed by atoms with Crippen molar-refractivity contribution in [2.24, 2.45) is 11.7 Å². The minimum atomic E-state index is 0.543. The zero-order chi connectivity index (χ0) is 13.0. The third-order valence-electron chi connectivity index (χ3n) is 3.37. The first-order valence-corrected chi connectivity index (χ1v) is 6.48. The topological polar surface area (TPSA) is 29.3 Å². The number of nitrogens with two attached hydrogens (primary N) is 1. The van der Waals surface area contributed by atoms with Crippen LogP contribution in [0, 0.1) is 12.8 Å². The number of aryl methyl sites for hydroxylation is 1. The van der Waals surface area contributed by atoms with Crippen LogP contribution in [0.15, 0.2) is 18.2 Å². The van der Waals surface area contributed by atoms with Crippen molar-refractivity contribution >= 4 is 5.69 Å². The van der Waals surface area contributed by atoms with E-state index in [-0.39, 0.29) is 0 Å². The molecule has 1 aromatic rings. The van der Waals surface area contributed by atoms with Crippen LogP contribution in [0.25, 0.3) is 0 Å². The second-order valence-electron chi connectivity index (χ2n) is 5.38. The molecule has 0 saturated carbocycles. The number of hydrogen-bond donors (Lipinski definition) is 1. The molecule has 0 saturated heterocycles. The Morgan fingerprint density at radius 2 is 1.88 bits per heavy atom. The Bertz CT molecular complexity index is 358. The first-order valence-electron chi connectivity index (χ1n) is 6.48. The highest BCUT2D eigenvalue weighted by atomic mass is 15.1. The Balaban J connectivity index is 2.98. The van der Waals surface area contributed by atoms with E-state index in [0.717, 1.165) is 5.92 Å². The molecule has 0 aliphatic rings. The number of anilines is 1. The Morgan fingerprint density at radius 3 is 2.41 bits per heavy atom. The molecule has 17 heavy (non-hydrogen) atoms. The van der Waals surface area contributed by atoms with Crippen LogP contribution in [0.3, 0.4) is 0 Å². The molecule has 1 aromatic carbocycles. The summed E-state index contributed by atoms with van der Waals surface area (Å²) in [6.07, 6.45) is 1.20. The van der Waals surface area contributed by atoms with Crippen LogP contribution in [0.2, 0.25) is 0 Å². The molecule has 0 aliphatic heterocycles. The van der Waals surface area contributed by atoms with E-state index in [4.69, 9.17) is 5.73 Å². The summed E-state index contributed by atoms with van der Waals surface area (Å²) in [7, 11) is 2.18. The molecule has 96 valence electrons. The largest absolute Gasteiger partial charge is 0.371 e. The number of rotatable bonds is 5. The minimum Gasteiger partial charge on any atom is -0.371 e. The van der Waals surface area contributed by atoms with Crippen LogP contribution >= 0.6 is 0 Å². The van der Waals surface area contributed by atoms with E-state index in [1.165, 1.54) is 23.2 Å². The Kier molecular flexibility index (Phi) is 5.01. The quantitative estimate of drug-likeness (QED) is 0.846. The van der Waals surface area contributed by atoms with Crippen molar-refractivity contribution in [1.29, 1.82) is 0 Å². The summed E-state index contributed by atoms with van der Waals surface area (Å²) in [6.45, 7) is 9.59. The monoisotopic (exact) mass is 234 g/mol. The lowest BCUT2D eigenvalue weighted by Gasteiger charge is -2.31. The van der Waals surface area contributed by atoms with Crippen LogP contribution in [0.1, 0.15) is 38.3 Å². The summed E-state index contributed by atoms with van der Waals surface area (Å²) in [5.74, 6) is 0.720. The predicted octanol–water partition coefficient (Wildman–Crippen LogP) is 3.32. The van der Waals surface area contributed by atoms with Crippen LogP contribution in [-0.4, -0.2) is 13.1 Å². The van der Waals surface area contributed by atoms with E-state index in [1.54, 1.807) is 0 Å². The highest BCUT2D eigenvalue weighted by Gasteiger charge is 2.15. The van der Waals surface area contributed by atoms with Crippen molar-refractivity contribution in [3.8, 4) is 0 Å². The van der Waals surface area contributed by atoms with Gasteiger partial charge in [0.2, 0.25) is 0 Å². The lowest BCUT2D eigenvalue weighted by atomic mass is 10.0. The van der Waals surface area contributed by atoms with Gasteiger partial charge in [-0.3, -0.25) is 0 Å². The van der Waals surface area contributed by atoms with Crippen LogP contribution in [0.4, 0.5) is 5.69 Å². The summed E-state index contributed by atoms with van der Waals surface area (Å²) in [4.78, 5) is 2.37. The second-order valence-corrected chi connectivity index (χ2v) is 5.38. The molecule has 0 heterocycles. The standard InChI is InChI=1S/C15H26N2/c1-11(2)9-13(4)17(5)15-12(3)7-6-8-14(15)10-16/h6-8,11,13H,9-10,16H2,1-5H3. The molecule has 0 aromatic heterocycles. The maximum atomic E-state index is 5.83. The molecule has 0 bridgehead atoms. The van der Waals surface area contributed by atoms with Crippen molar-refractivity contribution in [3.05, 3.63) is 29.3 Å². The molecular formula is C15H26N2. The van der Waals surface area contributed by atoms with Crippen molar-refractivity contribution < 1.29 is 0 Å². The fourth-order valence-corrected chi connectivity index (χ4v) is 2.45. The second kappa shape index (κ2) is 6.06. The van der Waals surface area contributed by atoms with E-state index in [9.17, 15) is 0 Å². The lowest BCUT2D eigenvalue weighted by molar-refractivity contribution is 0.503. The smallest absolute Gasteiger partial charge is 0.0441 e. The van der Waals surface area contributed by atoms with Gasteiger partial charge in [-0.25, -0.2) is 0 Å². The highest BCUT2D eigenvalue weighted by molar-refractivity contribution is 5.59. The van der Waals surface area contributed by atoms with Crippen LogP contribution in [0.5, 0.6) is 0 Å². The predicted molar refractivity (Wildman–Crippen MR) is 76.4 cm³/mol. The van der Waals surface area contributed by atoms with E-state index >= 15 is 0 Å². The van der Waals surface area contributed by atoms with Gasteiger partial charge in [-0.15, -0.1) is 0 Å². The molecule has 2 heteroatoms. The van der Waals surface area contributed by atoms with Crippen LogP contribution < -0.4 is 10.6 Å². The van der Waals surface area contributed by atoms with Gasteiger partial charge in [-0.05, 0) is 37.3 Å². The summed E-state index contributed by atoms with van der Waals surface area (Å²) in [6, 6.07) is 6.91. The molecule has 0 spiro atoms. The molecule has 0 amide bonds. The molecule has 0 fully saturated rings. The Labute approximate surface area is 106 Å². The van der Waals surface area contributed by atoms with E-state index in [0.29, 0.717) is 12.6 Å². The van der Waals surface area contributed by atoms with Gasteiger partial charge in [0.25, 0.3) is 0 Å². The van der Waals surface area contributed by atoms with Gasteiger partial charge in [0.05, 0.1) is 0 Å². The van der Waals surface area contributed by atoms with Gasteiger partial charge in [-0.1, -0.05) is 32.0 Å². The van der Waals surface area contributed by atoms with Gasteiger partial charge < -0.3 is 10.6 Å². The van der Waals surface area contributed by atoms with Crippen molar-refractivity contribution in [1.82, 2.24) is 0 Å². The summed E-state index contributed by atoms with van der Waals surface area (Å²) in [5.41, 5.74) is 9.69. The summed E-state index contributed by atoms with van der Waals surface area (Å²) < 4.78 is 0. The zero-order valence-electron chi connectivity index (χ0n) is 11.8. The third kappa shape index (κ3) is 3.47. The van der Waals surface area contributed by atoms with Gasteiger partial charge in [0.15, 0.2) is 0 Å². The number of para-hydroxylation sites is 1. The Morgan fingerprint density at radius 1 is 1.24 bits per heavy atom. The lowest BCUT2D eigenvalue weighted by Crippen LogP contribution is -2.31. The minimum absolute atomic E-state index is 0.543. The molecule has 0 aliphatic carbocycles. The van der Waals surface area contributed by atoms with Gasteiger partial charge in [0, 0.05) is 25.3 Å². The van der Waals surface area contributed by atoms with Crippen molar-refractivity contribution in [2.75, 3.05) is 11.9 Å². The SMILES string of the molecule is Cc1cccc(CN)c1N(C)C(C)CC(C)C. The molecular weight excluding hydrogens is 208 g/mol. The fraction of sp³-hybridized carbons (Fsp3) is 0.600. The molecule has 1 rings (SSSR count). The number of nitrogens with zero attached hydrogens (tertiary/aromatic N) is 1. The molecule has 0 radical (unpaired) electrons. The molecule has 2 N–H and O–H groups in total. The summed E-state index contributed by atoms with van der Waals surface area (Å²) >= 11 is 0. The zero-order valence-corrected chi connectivity index (χ0v) is 11.8. The molecule has 1 atom stereocenters. The molecule has 2 nitrogen and oxygen atoms in total. The van der Waals surface area contributed by atoms with Crippen molar-refractivity contribution in [3.63, 3.8) is 0 Å². The highest BCUT2D eigenvalue weighted by Crippen LogP contribution is 2.27. The first kappa shape index (κ1) is 14.0. The van der Waals surface area contributed by atoms with E-state index in [2.05, 4.69) is 57.8 Å². The van der Waals surface area contributed by atoms with E-state index < -0.39 is 0 Å². The molecule has 1 unspecified atom stereocenters. The Hall–Kier alpha value is -1.02. The first-order chi connectivity index (χ1) is 7.97. The fourth-order valence-electron chi connectivity index (χ4n) is 2.45.